The lowest BCUT2D eigenvalue weighted by molar-refractivity contribution is 0.0992. The summed E-state index contributed by atoms with van der Waals surface area (Å²) in [5, 5.41) is 1.05. The molecule has 0 saturated carbocycles. The van der Waals surface area contributed by atoms with Crippen molar-refractivity contribution in [2.24, 2.45) is 0 Å². The summed E-state index contributed by atoms with van der Waals surface area (Å²) in [4.78, 5) is 14.4. The molecule has 0 aliphatic heterocycles. The summed E-state index contributed by atoms with van der Waals surface area (Å²) in [6, 6.07) is 15.6. The van der Waals surface area contributed by atoms with Gasteiger partial charge in [0, 0.05) is 16.9 Å². The standard InChI is InChI=1S/C20H16Cl2OS/c1-3-17(23)20-18(13-7-5-4-6-8-13)12(2)19(24-20)14-9-10-15(21)16(22)11-14/h4-11H,3H2,1-2H3. The molecule has 122 valence electrons. The molecular formula is C20H16Cl2OS. The van der Waals surface area contributed by atoms with E-state index in [0.29, 0.717) is 16.5 Å². The highest BCUT2D eigenvalue weighted by molar-refractivity contribution is 7.18. The maximum absolute atomic E-state index is 12.5. The smallest absolute Gasteiger partial charge is 0.173 e. The van der Waals surface area contributed by atoms with E-state index in [1.165, 1.54) is 11.3 Å². The van der Waals surface area contributed by atoms with Crippen molar-refractivity contribution in [2.75, 3.05) is 0 Å². The van der Waals surface area contributed by atoms with Gasteiger partial charge < -0.3 is 0 Å². The molecule has 0 aliphatic carbocycles. The van der Waals surface area contributed by atoms with Crippen LogP contribution in [0, 0.1) is 6.92 Å². The molecule has 0 aliphatic rings. The molecule has 24 heavy (non-hydrogen) atoms. The fraction of sp³-hybridized carbons (Fsp3) is 0.150. The Morgan fingerprint density at radius 3 is 2.33 bits per heavy atom. The normalized spacial score (nSPS) is 10.8. The van der Waals surface area contributed by atoms with Gasteiger partial charge in [-0.05, 0) is 35.7 Å². The first-order valence-electron chi connectivity index (χ1n) is 7.70. The number of halogens is 2. The molecule has 1 nitrogen and oxygen atoms in total. The van der Waals surface area contributed by atoms with Gasteiger partial charge in [-0.25, -0.2) is 0 Å². The Kier molecular flexibility index (Phi) is 5.09. The van der Waals surface area contributed by atoms with Gasteiger partial charge in [-0.15, -0.1) is 11.3 Å². The molecule has 3 aromatic rings. The van der Waals surface area contributed by atoms with Crippen molar-refractivity contribution in [3.05, 3.63) is 69.0 Å². The number of carbonyl (C=O) groups excluding carboxylic acids is 1. The Morgan fingerprint density at radius 2 is 1.71 bits per heavy atom. The third-order valence-corrected chi connectivity index (χ3v) is 6.09. The van der Waals surface area contributed by atoms with Crippen LogP contribution in [0.3, 0.4) is 0 Å². The molecule has 0 fully saturated rings. The maximum atomic E-state index is 12.5. The van der Waals surface area contributed by atoms with Crippen molar-refractivity contribution in [3.63, 3.8) is 0 Å². The average molecular weight is 375 g/mol. The van der Waals surface area contributed by atoms with E-state index in [9.17, 15) is 4.79 Å². The number of Topliss-reactive ketones (excluding diaryl/α,β-unsaturated/α-hetero) is 1. The van der Waals surface area contributed by atoms with Gasteiger partial charge in [0.1, 0.15) is 0 Å². The third-order valence-electron chi connectivity index (χ3n) is 3.97. The van der Waals surface area contributed by atoms with Crippen molar-refractivity contribution in [3.8, 4) is 21.6 Å². The first-order valence-corrected chi connectivity index (χ1v) is 9.27. The van der Waals surface area contributed by atoms with Gasteiger partial charge in [0.2, 0.25) is 0 Å². The minimum atomic E-state index is 0.160. The highest BCUT2D eigenvalue weighted by Crippen LogP contribution is 2.43. The number of hydrogen-bond donors (Lipinski definition) is 0. The van der Waals surface area contributed by atoms with Crippen molar-refractivity contribution in [1.82, 2.24) is 0 Å². The molecule has 0 radical (unpaired) electrons. The van der Waals surface area contributed by atoms with Crippen LogP contribution >= 0.6 is 34.5 Å². The van der Waals surface area contributed by atoms with E-state index in [4.69, 9.17) is 23.2 Å². The molecule has 0 bridgehead atoms. The molecule has 0 unspecified atom stereocenters. The van der Waals surface area contributed by atoms with E-state index in [0.717, 1.165) is 32.0 Å². The summed E-state index contributed by atoms with van der Waals surface area (Å²) in [6.07, 6.45) is 0.487. The predicted molar refractivity (Wildman–Crippen MR) is 105 cm³/mol. The zero-order valence-electron chi connectivity index (χ0n) is 13.4. The lowest BCUT2D eigenvalue weighted by Crippen LogP contribution is -1.95. The van der Waals surface area contributed by atoms with Crippen molar-refractivity contribution < 1.29 is 4.79 Å². The van der Waals surface area contributed by atoms with E-state index < -0.39 is 0 Å². The minimum absolute atomic E-state index is 0.160. The second-order valence-electron chi connectivity index (χ2n) is 5.53. The Bertz CT molecular complexity index is 898. The monoisotopic (exact) mass is 374 g/mol. The van der Waals surface area contributed by atoms with Crippen molar-refractivity contribution in [1.29, 1.82) is 0 Å². The quantitative estimate of drug-likeness (QED) is 0.438. The van der Waals surface area contributed by atoms with Crippen LogP contribution in [-0.4, -0.2) is 5.78 Å². The number of carbonyl (C=O) groups is 1. The number of thiophene rings is 1. The Morgan fingerprint density at radius 1 is 1.00 bits per heavy atom. The predicted octanol–water partition coefficient (Wildman–Crippen LogP) is 7.29. The van der Waals surface area contributed by atoms with E-state index >= 15 is 0 Å². The molecule has 0 saturated heterocycles. The number of ketones is 1. The average Bonchev–Trinajstić information content (AvgIpc) is 2.95. The summed E-state index contributed by atoms with van der Waals surface area (Å²) in [5.74, 6) is 0.160. The zero-order valence-corrected chi connectivity index (χ0v) is 15.7. The summed E-state index contributed by atoms with van der Waals surface area (Å²) in [6.45, 7) is 3.95. The lowest BCUT2D eigenvalue weighted by atomic mass is 9.97. The topological polar surface area (TPSA) is 17.1 Å². The van der Waals surface area contributed by atoms with Crippen LogP contribution in [0.5, 0.6) is 0 Å². The van der Waals surface area contributed by atoms with Crippen LogP contribution in [0.4, 0.5) is 0 Å². The second-order valence-corrected chi connectivity index (χ2v) is 7.37. The number of rotatable bonds is 4. The van der Waals surface area contributed by atoms with Gasteiger partial charge in [0.05, 0.1) is 14.9 Å². The van der Waals surface area contributed by atoms with E-state index in [-0.39, 0.29) is 5.78 Å². The minimum Gasteiger partial charge on any atom is -0.293 e. The summed E-state index contributed by atoms with van der Waals surface area (Å²) < 4.78 is 0. The van der Waals surface area contributed by atoms with Crippen LogP contribution in [0.25, 0.3) is 21.6 Å². The summed E-state index contributed by atoms with van der Waals surface area (Å²) >= 11 is 13.7. The fourth-order valence-corrected chi connectivity index (χ4v) is 4.37. The van der Waals surface area contributed by atoms with Gasteiger partial charge in [0.15, 0.2) is 5.78 Å². The molecule has 4 heteroatoms. The zero-order chi connectivity index (χ0) is 17.3. The Hall–Kier alpha value is -1.61. The Balaban J connectivity index is 2.24. The van der Waals surface area contributed by atoms with Gasteiger partial charge in [-0.2, -0.15) is 0 Å². The highest BCUT2D eigenvalue weighted by atomic mass is 35.5. The molecule has 1 aromatic heterocycles. The lowest BCUT2D eigenvalue weighted by Gasteiger charge is -2.05. The third kappa shape index (κ3) is 3.14. The molecule has 1 heterocycles. The van der Waals surface area contributed by atoms with Gasteiger partial charge in [-0.3, -0.25) is 4.79 Å². The fourth-order valence-electron chi connectivity index (χ4n) is 2.74. The molecule has 0 atom stereocenters. The van der Waals surface area contributed by atoms with Gasteiger partial charge >= 0.3 is 0 Å². The maximum Gasteiger partial charge on any atom is 0.173 e. The highest BCUT2D eigenvalue weighted by Gasteiger charge is 2.21. The largest absolute Gasteiger partial charge is 0.293 e. The summed E-state index contributed by atoms with van der Waals surface area (Å²) in [7, 11) is 0. The van der Waals surface area contributed by atoms with Crippen molar-refractivity contribution >= 4 is 40.3 Å². The van der Waals surface area contributed by atoms with Crippen LogP contribution in [0.2, 0.25) is 10.0 Å². The number of benzene rings is 2. The van der Waals surface area contributed by atoms with E-state index in [1.54, 1.807) is 6.07 Å². The molecule has 0 spiro atoms. The van der Waals surface area contributed by atoms with Crippen LogP contribution in [0.1, 0.15) is 28.6 Å². The first kappa shape index (κ1) is 17.2. The first-order chi connectivity index (χ1) is 11.5. The molecule has 0 N–H and O–H groups in total. The summed E-state index contributed by atoms with van der Waals surface area (Å²) in [5.41, 5.74) is 4.17. The molecule has 0 amide bonds. The second kappa shape index (κ2) is 7.10. The van der Waals surface area contributed by atoms with Crippen LogP contribution in [0.15, 0.2) is 48.5 Å². The SMILES string of the molecule is CCC(=O)c1sc(-c2ccc(Cl)c(Cl)c2)c(C)c1-c1ccccc1. The van der Waals surface area contributed by atoms with Crippen molar-refractivity contribution in [2.45, 2.75) is 20.3 Å². The number of hydrogen-bond acceptors (Lipinski definition) is 2. The molecule has 3 rings (SSSR count). The molecular weight excluding hydrogens is 359 g/mol. The molecule has 2 aromatic carbocycles. The van der Waals surface area contributed by atoms with E-state index in [2.05, 4.69) is 6.92 Å². The van der Waals surface area contributed by atoms with Gasteiger partial charge in [0.25, 0.3) is 0 Å². The Labute approximate surface area is 155 Å². The van der Waals surface area contributed by atoms with Crippen LogP contribution in [-0.2, 0) is 0 Å². The van der Waals surface area contributed by atoms with E-state index in [1.807, 2.05) is 49.4 Å². The van der Waals surface area contributed by atoms with Crippen LogP contribution < -0.4 is 0 Å². The van der Waals surface area contributed by atoms with Gasteiger partial charge in [-0.1, -0.05) is 66.5 Å².